The van der Waals surface area contributed by atoms with E-state index in [4.69, 9.17) is 0 Å². The van der Waals surface area contributed by atoms with Crippen LogP contribution in [0.1, 0.15) is 21.5 Å². The van der Waals surface area contributed by atoms with Gasteiger partial charge in [-0.2, -0.15) is 0 Å². The van der Waals surface area contributed by atoms with E-state index < -0.39 is 5.83 Å². The molecule has 0 atom stereocenters. The summed E-state index contributed by atoms with van der Waals surface area (Å²) in [5.41, 5.74) is 1.39. The lowest BCUT2D eigenvalue weighted by Crippen LogP contribution is -1.87. The largest absolute Gasteiger partial charge is 0.298 e. The lowest BCUT2D eigenvalue weighted by Gasteiger charge is -2.02. The number of hydrogen-bond acceptors (Lipinski definition) is 1. The van der Waals surface area contributed by atoms with E-state index in [0.29, 0.717) is 23.0 Å². The number of carbonyl (C=O) groups excluding carboxylic acids is 1. The van der Waals surface area contributed by atoms with Crippen molar-refractivity contribution in [2.45, 2.75) is 0 Å². The van der Waals surface area contributed by atoms with E-state index >= 15 is 0 Å². The fourth-order valence-corrected chi connectivity index (χ4v) is 1.06. The third-order valence-corrected chi connectivity index (χ3v) is 1.73. The molecule has 0 spiro atoms. The van der Waals surface area contributed by atoms with Gasteiger partial charge in [-0.1, -0.05) is 31.4 Å². The van der Waals surface area contributed by atoms with Crippen LogP contribution in [0.15, 0.2) is 31.4 Å². The number of carbonyl (C=O) groups is 1. The highest BCUT2D eigenvalue weighted by molar-refractivity contribution is 5.79. The fourth-order valence-electron chi connectivity index (χ4n) is 1.06. The van der Waals surface area contributed by atoms with Crippen LogP contribution in [0, 0.1) is 0 Å². The highest BCUT2D eigenvalue weighted by Crippen LogP contribution is 2.20. The minimum atomic E-state index is -0.557. The Hall–Kier alpha value is -1.70. The number of hydrogen-bond donors (Lipinski definition) is 0. The summed E-state index contributed by atoms with van der Waals surface area (Å²) in [7, 11) is 0. The van der Waals surface area contributed by atoms with Crippen LogP contribution in [0.25, 0.3) is 11.9 Å². The molecule has 0 radical (unpaired) electrons. The number of benzene rings is 1. The molecule has 0 aromatic heterocycles. The van der Waals surface area contributed by atoms with Crippen molar-refractivity contribution in [1.29, 1.82) is 0 Å². The van der Waals surface area contributed by atoms with Crippen LogP contribution in [0.2, 0.25) is 0 Å². The molecule has 0 aliphatic heterocycles. The van der Waals surface area contributed by atoms with E-state index in [1.807, 2.05) is 0 Å². The molecule has 0 saturated heterocycles. The van der Waals surface area contributed by atoms with Gasteiger partial charge in [-0.15, -0.1) is 0 Å². The van der Waals surface area contributed by atoms with Gasteiger partial charge in [0, 0.05) is 11.1 Å². The van der Waals surface area contributed by atoms with Gasteiger partial charge >= 0.3 is 0 Å². The number of rotatable bonds is 3. The van der Waals surface area contributed by atoms with Crippen molar-refractivity contribution in [3.05, 3.63) is 48.0 Å². The van der Waals surface area contributed by atoms with E-state index in [-0.39, 0.29) is 0 Å². The molecule has 66 valence electrons. The zero-order valence-electron chi connectivity index (χ0n) is 7.09. The van der Waals surface area contributed by atoms with Gasteiger partial charge in [-0.25, -0.2) is 4.39 Å². The summed E-state index contributed by atoms with van der Waals surface area (Å²) in [5.74, 6) is -0.557. The minimum Gasteiger partial charge on any atom is -0.298 e. The second-order valence-electron chi connectivity index (χ2n) is 2.57. The van der Waals surface area contributed by atoms with Crippen molar-refractivity contribution in [2.75, 3.05) is 0 Å². The van der Waals surface area contributed by atoms with E-state index in [1.165, 1.54) is 12.1 Å². The van der Waals surface area contributed by atoms with Gasteiger partial charge < -0.3 is 0 Å². The predicted molar refractivity (Wildman–Crippen MR) is 52.1 cm³/mol. The zero-order chi connectivity index (χ0) is 9.84. The quantitative estimate of drug-likeness (QED) is 0.647. The molecule has 0 fully saturated rings. The maximum absolute atomic E-state index is 12.8. The predicted octanol–water partition coefficient (Wildman–Crippen LogP) is 3.08. The maximum Gasteiger partial charge on any atom is 0.150 e. The van der Waals surface area contributed by atoms with E-state index in [2.05, 4.69) is 13.2 Å². The van der Waals surface area contributed by atoms with Crippen LogP contribution >= 0.6 is 0 Å². The monoisotopic (exact) mass is 176 g/mol. The Kier molecular flexibility index (Phi) is 2.75. The standard InChI is InChI=1S/C11H9FO/c1-3-10-5-4-9(7-13)6-11(10)8(2)12/h3-7H,1-2H2. The first-order valence-corrected chi connectivity index (χ1v) is 3.75. The molecule has 0 bridgehead atoms. The Balaban J connectivity index is 3.33. The lowest BCUT2D eigenvalue weighted by molar-refractivity contribution is 0.112. The Morgan fingerprint density at radius 3 is 2.62 bits per heavy atom. The highest BCUT2D eigenvalue weighted by Gasteiger charge is 2.03. The molecule has 2 heteroatoms. The van der Waals surface area contributed by atoms with Crippen LogP contribution in [0.4, 0.5) is 4.39 Å². The first-order valence-electron chi connectivity index (χ1n) is 3.75. The molecule has 0 saturated carbocycles. The van der Waals surface area contributed by atoms with Crippen LogP contribution < -0.4 is 0 Å². The Bertz CT molecular complexity index is 366. The van der Waals surface area contributed by atoms with Gasteiger partial charge in [0.25, 0.3) is 0 Å². The fraction of sp³-hybridized carbons (Fsp3) is 0. The van der Waals surface area contributed by atoms with Crippen molar-refractivity contribution >= 4 is 18.2 Å². The van der Waals surface area contributed by atoms with Crippen molar-refractivity contribution in [2.24, 2.45) is 0 Å². The third kappa shape index (κ3) is 1.90. The SMILES string of the molecule is C=Cc1ccc(C=O)cc1C(=C)F. The normalized spacial score (nSPS) is 9.31. The van der Waals surface area contributed by atoms with Gasteiger partial charge in [-0.3, -0.25) is 4.79 Å². The average molecular weight is 176 g/mol. The van der Waals surface area contributed by atoms with Gasteiger partial charge in [0.2, 0.25) is 0 Å². The smallest absolute Gasteiger partial charge is 0.150 e. The van der Waals surface area contributed by atoms with Gasteiger partial charge in [-0.05, 0) is 11.6 Å². The van der Waals surface area contributed by atoms with E-state index in [9.17, 15) is 9.18 Å². The van der Waals surface area contributed by atoms with Crippen LogP contribution in [-0.2, 0) is 0 Å². The summed E-state index contributed by atoms with van der Waals surface area (Å²) < 4.78 is 12.8. The number of aldehydes is 1. The minimum absolute atomic E-state index is 0.319. The van der Waals surface area contributed by atoms with Crippen molar-refractivity contribution in [3.63, 3.8) is 0 Å². The summed E-state index contributed by atoms with van der Waals surface area (Å²) in [6.07, 6.45) is 2.19. The molecule has 0 aliphatic rings. The topological polar surface area (TPSA) is 17.1 Å². The molecule has 0 aliphatic carbocycles. The highest BCUT2D eigenvalue weighted by atomic mass is 19.1. The van der Waals surface area contributed by atoms with Crippen LogP contribution in [0.3, 0.4) is 0 Å². The Morgan fingerprint density at radius 2 is 2.15 bits per heavy atom. The third-order valence-electron chi connectivity index (χ3n) is 1.73. The van der Waals surface area contributed by atoms with Gasteiger partial charge in [0.1, 0.15) is 12.1 Å². The molecular formula is C11H9FO. The Labute approximate surface area is 76.2 Å². The molecule has 1 rings (SSSR count). The molecule has 0 amide bonds. The van der Waals surface area contributed by atoms with Crippen molar-refractivity contribution in [1.82, 2.24) is 0 Å². The average Bonchev–Trinajstić information content (AvgIpc) is 2.16. The van der Waals surface area contributed by atoms with Crippen molar-refractivity contribution in [3.8, 4) is 0 Å². The summed E-state index contributed by atoms with van der Waals surface area (Å²) in [6.45, 7) is 6.71. The Morgan fingerprint density at radius 1 is 1.46 bits per heavy atom. The second-order valence-corrected chi connectivity index (χ2v) is 2.57. The molecule has 1 aromatic rings. The molecule has 0 unspecified atom stereocenters. The van der Waals surface area contributed by atoms with Gasteiger partial charge in [0.05, 0.1) is 0 Å². The summed E-state index contributed by atoms with van der Waals surface area (Å²) in [6, 6.07) is 4.69. The lowest BCUT2D eigenvalue weighted by atomic mass is 10.0. The molecule has 1 nitrogen and oxygen atoms in total. The van der Waals surface area contributed by atoms with Crippen LogP contribution in [0.5, 0.6) is 0 Å². The van der Waals surface area contributed by atoms with E-state index in [1.54, 1.807) is 12.1 Å². The summed E-state index contributed by atoms with van der Waals surface area (Å²) in [5, 5.41) is 0. The van der Waals surface area contributed by atoms with E-state index in [0.717, 1.165) is 0 Å². The maximum atomic E-state index is 12.8. The summed E-state index contributed by atoms with van der Waals surface area (Å²) in [4.78, 5) is 10.4. The first-order chi connectivity index (χ1) is 6.19. The number of halogens is 1. The summed E-state index contributed by atoms with van der Waals surface area (Å²) >= 11 is 0. The van der Waals surface area contributed by atoms with Gasteiger partial charge in [0.15, 0.2) is 0 Å². The second kappa shape index (κ2) is 3.81. The van der Waals surface area contributed by atoms with Crippen LogP contribution in [-0.4, -0.2) is 6.29 Å². The van der Waals surface area contributed by atoms with Crippen molar-refractivity contribution < 1.29 is 9.18 Å². The molecule has 0 N–H and O–H groups in total. The molecule has 0 heterocycles. The molecule has 1 aromatic carbocycles. The first kappa shape index (κ1) is 9.39. The molecular weight excluding hydrogens is 167 g/mol. The zero-order valence-corrected chi connectivity index (χ0v) is 7.09. The molecule has 13 heavy (non-hydrogen) atoms.